The van der Waals surface area contributed by atoms with E-state index < -0.39 is 17.7 Å². The van der Waals surface area contributed by atoms with E-state index in [1.165, 1.54) is 18.6 Å². The molecule has 0 aromatic carbocycles. The molecule has 1 atom stereocenters. The fraction of sp³-hybridized carbons (Fsp3) is 0.500. The van der Waals surface area contributed by atoms with Crippen molar-refractivity contribution in [1.29, 1.82) is 0 Å². The number of carbonyl (C=O) groups is 2. The van der Waals surface area contributed by atoms with Gasteiger partial charge in [0.2, 0.25) is 5.78 Å². The summed E-state index contributed by atoms with van der Waals surface area (Å²) in [4.78, 5) is 31.0. The number of rotatable bonds is 3. The molecule has 1 aromatic rings. The van der Waals surface area contributed by atoms with Gasteiger partial charge < -0.3 is 10.1 Å². The average molecular weight is 251 g/mol. The molecule has 18 heavy (non-hydrogen) atoms. The minimum absolute atomic E-state index is 0.209. The van der Waals surface area contributed by atoms with Crippen molar-refractivity contribution in [3.63, 3.8) is 0 Å². The number of amides is 1. The number of alkyl carbamates (subject to hydrolysis) is 1. The molecule has 1 heterocycles. The van der Waals surface area contributed by atoms with Crippen molar-refractivity contribution in [2.45, 2.75) is 39.3 Å². The average Bonchev–Trinajstić information content (AvgIpc) is 2.26. The molecule has 1 N–H and O–H groups in total. The van der Waals surface area contributed by atoms with Crippen LogP contribution >= 0.6 is 0 Å². The summed E-state index contributed by atoms with van der Waals surface area (Å²) in [5.41, 5.74) is -0.389. The maximum absolute atomic E-state index is 11.9. The van der Waals surface area contributed by atoms with Crippen LogP contribution in [0.25, 0.3) is 0 Å². The molecule has 0 unspecified atom stereocenters. The number of ether oxygens (including phenoxy) is 1. The quantitative estimate of drug-likeness (QED) is 0.825. The van der Waals surface area contributed by atoms with E-state index in [9.17, 15) is 9.59 Å². The first kappa shape index (κ1) is 14.1. The van der Waals surface area contributed by atoms with E-state index in [4.69, 9.17) is 4.74 Å². The van der Waals surface area contributed by atoms with Gasteiger partial charge in [0.1, 0.15) is 11.3 Å². The molecule has 98 valence electrons. The van der Waals surface area contributed by atoms with Crippen LogP contribution in [0.4, 0.5) is 4.79 Å². The lowest BCUT2D eigenvalue weighted by molar-refractivity contribution is 0.0496. The second-order valence-corrected chi connectivity index (χ2v) is 4.82. The Kier molecular flexibility index (Phi) is 4.36. The van der Waals surface area contributed by atoms with Crippen LogP contribution in [-0.4, -0.2) is 33.5 Å². The molecule has 1 rings (SSSR count). The Morgan fingerprint density at radius 3 is 2.50 bits per heavy atom. The number of hydrogen-bond donors (Lipinski definition) is 1. The zero-order valence-electron chi connectivity index (χ0n) is 10.9. The maximum atomic E-state index is 11.9. The molecule has 0 saturated heterocycles. The zero-order valence-corrected chi connectivity index (χ0v) is 10.9. The van der Waals surface area contributed by atoms with Crippen molar-refractivity contribution in [1.82, 2.24) is 15.3 Å². The molecular weight excluding hydrogens is 234 g/mol. The molecule has 6 heteroatoms. The van der Waals surface area contributed by atoms with Gasteiger partial charge in [-0.15, -0.1) is 0 Å². The van der Waals surface area contributed by atoms with Gasteiger partial charge in [-0.05, 0) is 27.7 Å². The van der Waals surface area contributed by atoms with Gasteiger partial charge in [0.15, 0.2) is 0 Å². The highest BCUT2D eigenvalue weighted by molar-refractivity contribution is 5.99. The van der Waals surface area contributed by atoms with Crippen molar-refractivity contribution in [2.24, 2.45) is 0 Å². The summed E-state index contributed by atoms with van der Waals surface area (Å²) in [7, 11) is 0. The number of Topliss-reactive ketones (excluding diaryl/α,β-unsaturated/α-hetero) is 1. The molecule has 0 saturated carbocycles. The fourth-order valence-electron chi connectivity index (χ4n) is 1.20. The van der Waals surface area contributed by atoms with Crippen LogP contribution in [0.5, 0.6) is 0 Å². The van der Waals surface area contributed by atoms with E-state index in [2.05, 4.69) is 15.3 Å². The molecule has 0 bridgehead atoms. The van der Waals surface area contributed by atoms with Crippen LogP contribution in [0.1, 0.15) is 38.2 Å². The van der Waals surface area contributed by atoms with Gasteiger partial charge in [-0.2, -0.15) is 0 Å². The predicted octanol–water partition coefficient (Wildman–Crippen LogP) is 1.57. The van der Waals surface area contributed by atoms with E-state index in [0.29, 0.717) is 0 Å². The molecule has 1 aromatic heterocycles. The highest BCUT2D eigenvalue weighted by Crippen LogP contribution is 2.07. The van der Waals surface area contributed by atoms with Crippen molar-refractivity contribution in [2.75, 3.05) is 0 Å². The molecule has 0 aliphatic rings. The van der Waals surface area contributed by atoms with Gasteiger partial charge >= 0.3 is 6.09 Å². The zero-order chi connectivity index (χ0) is 13.8. The summed E-state index contributed by atoms with van der Waals surface area (Å²) in [6, 6.07) is -0.712. The van der Waals surface area contributed by atoms with Crippen molar-refractivity contribution >= 4 is 11.9 Å². The fourth-order valence-corrected chi connectivity index (χ4v) is 1.20. The summed E-state index contributed by atoms with van der Waals surface area (Å²) in [6.45, 7) is 6.83. The summed E-state index contributed by atoms with van der Waals surface area (Å²) in [5, 5.41) is 2.46. The number of nitrogens with zero attached hydrogens (tertiary/aromatic N) is 2. The van der Waals surface area contributed by atoms with Gasteiger partial charge in [0, 0.05) is 12.4 Å². The third-order valence-electron chi connectivity index (χ3n) is 1.94. The number of hydrogen-bond acceptors (Lipinski definition) is 5. The van der Waals surface area contributed by atoms with Crippen LogP contribution in [-0.2, 0) is 4.74 Å². The van der Waals surface area contributed by atoms with Crippen molar-refractivity contribution in [3.8, 4) is 0 Å². The van der Waals surface area contributed by atoms with Gasteiger partial charge in [-0.1, -0.05) is 0 Å². The minimum atomic E-state index is -0.712. The molecule has 0 aliphatic carbocycles. The largest absolute Gasteiger partial charge is 0.444 e. The molecular formula is C12H17N3O3. The lowest BCUT2D eigenvalue weighted by Gasteiger charge is -2.21. The number of nitrogens with one attached hydrogen (secondary N) is 1. The third kappa shape index (κ3) is 4.48. The molecule has 0 fully saturated rings. The smallest absolute Gasteiger partial charge is 0.408 e. The van der Waals surface area contributed by atoms with Crippen LogP contribution in [0.15, 0.2) is 18.6 Å². The highest BCUT2D eigenvalue weighted by atomic mass is 16.6. The first-order valence-corrected chi connectivity index (χ1v) is 5.59. The molecule has 6 nitrogen and oxygen atoms in total. The Bertz CT molecular complexity index is 426. The maximum Gasteiger partial charge on any atom is 0.408 e. The first-order valence-electron chi connectivity index (χ1n) is 5.59. The Labute approximate surface area is 106 Å². The Morgan fingerprint density at radius 1 is 1.33 bits per heavy atom. The highest BCUT2D eigenvalue weighted by Gasteiger charge is 2.22. The Hall–Kier alpha value is -1.98. The lowest BCUT2D eigenvalue weighted by atomic mass is 10.1. The number of carbonyl (C=O) groups excluding carboxylic acids is 2. The Morgan fingerprint density at radius 2 is 2.00 bits per heavy atom. The van der Waals surface area contributed by atoms with Crippen LogP contribution < -0.4 is 5.32 Å². The van der Waals surface area contributed by atoms with Crippen LogP contribution in [0.2, 0.25) is 0 Å². The lowest BCUT2D eigenvalue weighted by Crippen LogP contribution is -2.41. The van der Waals surface area contributed by atoms with E-state index in [0.717, 1.165) is 0 Å². The van der Waals surface area contributed by atoms with E-state index >= 15 is 0 Å². The molecule has 0 radical (unpaired) electrons. The monoisotopic (exact) mass is 251 g/mol. The van der Waals surface area contributed by atoms with Gasteiger partial charge in [-0.3, -0.25) is 9.78 Å². The molecule has 1 amide bonds. The summed E-state index contributed by atoms with van der Waals surface area (Å²) < 4.78 is 5.06. The molecule has 0 aliphatic heterocycles. The molecule has 0 spiro atoms. The van der Waals surface area contributed by atoms with Gasteiger partial charge in [0.25, 0.3) is 0 Å². The van der Waals surface area contributed by atoms with E-state index in [1.54, 1.807) is 27.7 Å². The van der Waals surface area contributed by atoms with Crippen LogP contribution in [0, 0.1) is 0 Å². The number of aromatic nitrogens is 2. The standard InChI is InChI=1S/C12H17N3O3/c1-8(15-11(17)18-12(2,3)4)10(16)9-7-13-5-6-14-9/h5-8H,1-4H3,(H,15,17)/t8-/m1/s1. The minimum Gasteiger partial charge on any atom is -0.444 e. The topological polar surface area (TPSA) is 81.2 Å². The summed E-state index contributed by atoms with van der Waals surface area (Å²) in [5.74, 6) is -0.311. The van der Waals surface area contributed by atoms with Crippen molar-refractivity contribution in [3.05, 3.63) is 24.3 Å². The normalized spacial score (nSPS) is 12.7. The predicted molar refractivity (Wildman–Crippen MR) is 65.2 cm³/mol. The van der Waals surface area contributed by atoms with E-state index in [-0.39, 0.29) is 11.5 Å². The second-order valence-electron chi connectivity index (χ2n) is 4.82. The number of ketones is 1. The Balaban J connectivity index is 2.59. The first-order chi connectivity index (χ1) is 8.29. The second kappa shape index (κ2) is 5.57. The summed E-state index contributed by atoms with van der Waals surface area (Å²) >= 11 is 0. The van der Waals surface area contributed by atoms with Crippen molar-refractivity contribution < 1.29 is 14.3 Å². The van der Waals surface area contributed by atoms with Gasteiger partial charge in [0.05, 0.1) is 12.2 Å². The van der Waals surface area contributed by atoms with Crippen LogP contribution in [0.3, 0.4) is 0 Å². The van der Waals surface area contributed by atoms with Gasteiger partial charge in [-0.25, -0.2) is 9.78 Å². The third-order valence-corrected chi connectivity index (χ3v) is 1.94. The van der Waals surface area contributed by atoms with E-state index in [1.807, 2.05) is 0 Å². The summed E-state index contributed by atoms with van der Waals surface area (Å²) in [6.07, 6.45) is 3.62. The SMILES string of the molecule is C[C@@H](NC(=O)OC(C)(C)C)C(=O)c1cnccn1.